The van der Waals surface area contributed by atoms with Crippen molar-refractivity contribution in [2.45, 2.75) is 13.8 Å². The minimum atomic E-state index is -3.54. The van der Waals surface area contributed by atoms with Crippen molar-refractivity contribution in [1.82, 2.24) is 0 Å². The summed E-state index contributed by atoms with van der Waals surface area (Å²) in [5, 5.41) is 0. The molecule has 1 aromatic rings. The van der Waals surface area contributed by atoms with Gasteiger partial charge in [-0.2, -0.15) is 0 Å². The Bertz CT molecular complexity index is 392. The van der Waals surface area contributed by atoms with Gasteiger partial charge in [0.1, 0.15) is 5.76 Å². The van der Waals surface area contributed by atoms with E-state index in [9.17, 15) is 4.57 Å². The number of hydrogen-bond acceptors (Lipinski definition) is 4. The van der Waals surface area contributed by atoms with Crippen molar-refractivity contribution in [3.8, 4) is 0 Å². The normalized spacial score (nSPS) is 11.2. The predicted octanol–water partition coefficient (Wildman–Crippen LogP) is 3.86. The van der Waals surface area contributed by atoms with Crippen molar-refractivity contribution in [3.63, 3.8) is 0 Å². The van der Waals surface area contributed by atoms with E-state index in [0.717, 1.165) is 5.56 Å². The minimum absolute atomic E-state index is 0.249. The number of phosphoric ester groups is 1. The molecule has 0 radical (unpaired) electrons. The van der Waals surface area contributed by atoms with Crippen LogP contribution in [0.3, 0.4) is 0 Å². The molecule has 0 bridgehead atoms. The molecule has 1 rings (SSSR count). The van der Waals surface area contributed by atoms with Gasteiger partial charge in [-0.3, -0.25) is 9.05 Å². The average Bonchev–Trinajstić information content (AvgIpc) is 2.30. The predicted molar refractivity (Wildman–Crippen MR) is 67.4 cm³/mol. The van der Waals surface area contributed by atoms with Gasteiger partial charge in [-0.25, -0.2) is 4.57 Å². The summed E-state index contributed by atoms with van der Waals surface area (Å²) >= 11 is 0. The minimum Gasteiger partial charge on any atom is -0.404 e. The van der Waals surface area contributed by atoms with Crippen molar-refractivity contribution in [1.29, 1.82) is 0 Å². The van der Waals surface area contributed by atoms with E-state index in [1.54, 1.807) is 13.8 Å². The second-order valence-electron chi connectivity index (χ2n) is 3.16. The number of benzene rings is 1. The molecular formula is C12H17O4P. The summed E-state index contributed by atoms with van der Waals surface area (Å²) < 4.78 is 27.3. The first-order valence-corrected chi connectivity index (χ1v) is 6.90. The maximum Gasteiger partial charge on any atom is 0.530 e. The van der Waals surface area contributed by atoms with Crippen LogP contribution in [0.4, 0.5) is 0 Å². The second-order valence-corrected chi connectivity index (χ2v) is 4.76. The molecule has 0 aromatic heterocycles. The third kappa shape index (κ3) is 4.35. The first-order chi connectivity index (χ1) is 8.11. The van der Waals surface area contributed by atoms with Crippen molar-refractivity contribution < 1.29 is 18.1 Å². The van der Waals surface area contributed by atoms with E-state index in [1.165, 1.54) is 0 Å². The highest BCUT2D eigenvalue weighted by molar-refractivity contribution is 7.48. The van der Waals surface area contributed by atoms with Gasteiger partial charge in [-0.1, -0.05) is 36.9 Å². The molecule has 0 spiro atoms. The molecule has 0 aliphatic heterocycles. The molecule has 1 aromatic carbocycles. The summed E-state index contributed by atoms with van der Waals surface area (Å²) in [7, 11) is -3.54. The van der Waals surface area contributed by atoms with Crippen LogP contribution in [0.5, 0.6) is 0 Å². The molecule has 17 heavy (non-hydrogen) atoms. The lowest BCUT2D eigenvalue weighted by molar-refractivity contribution is 0.159. The fraction of sp³-hybridized carbons (Fsp3) is 0.333. The van der Waals surface area contributed by atoms with Crippen LogP contribution in [0.2, 0.25) is 0 Å². The monoisotopic (exact) mass is 256 g/mol. The van der Waals surface area contributed by atoms with Crippen LogP contribution in [0, 0.1) is 0 Å². The van der Waals surface area contributed by atoms with Crippen LogP contribution in [0.25, 0.3) is 5.76 Å². The van der Waals surface area contributed by atoms with Crippen LogP contribution < -0.4 is 0 Å². The molecular weight excluding hydrogens is 239 g/mol. The highest BCUT2D eigenvalue weighted by Crippen LogP contribution is 2.52. The van der Waals surface area contributed by atoms with E-state index < -0.39 is 7.82 Å². The van der Waals surface area contributed by atoms with Crippen LogP contribution >= 0.6 is 7.82 Å². The fourth-order valence-electron chi connectivity index (χ4n) is 1.22. The molecule has 0 fully saturated rings. The highest BCUT2D eigenvalue weighted by atomic mass is 31.2. The molecule has 5 heteroatoms. The van der Waals surface area contributed by atoms with E-state index in [-0.39, 0.29) is 19.0 Å². The Labute approximate surface area is 102 Å². The summed E-state index contributed by atoms with van der Waals surface area (Å²) in [6, 6.07) is 9.18. The summed E-state index contributed by atoms with van der Waals surface area (Å²) in [5.41, 5.74) is 0.743. The Morgan fingerprint density at radius 3 is 2.18 bits per heavy atom. The lowest BCUT2D eigenvalue weighted by Gasteiger charge is -2.18. The lowest BCUT2D eigenvalue weighted by atomic mass is 10.2. The van der Waals surface area contributed by atoms with Gasteiger partial charge in [0.25, 0.3) is 0 Å². The maximum atomic E-state index is 12.1. The van der Waals surface area contributed by atoms with Crippen molar-refractivity contribution in [3.05, 3.63) is 42.5 Å². The largest absolute Gasteiger partial charge is 0.530 e. The summed E-state index contributed by atoms with van der Waals surface area (Å²) in [4.78, 5) is 0. The Kier molecular flexibility index (Phi) is 5.42. The van der Waals surface area contributed by atoms with E-state index in [1.807, 2.05) is 30.3 Å². The molecule has 0 saturated carbocycles. The molecule has 0 atom stereocenters. The summed E-state index contributed by atoms with van der Waals surface area (Å²) in [5.74, 6) is 0.274. The van der Waals surface area contributed by atoms with E-state index in [4.69, 9.17) is 13.6 Å². The van der Waals surface area contributed by atoms with Crippen LogP contribution in [0.15, 0.2) is 36.9 Å². The fourth-order valence-corrected chi connectivity index (χ4v) is 2.41. The second kappa shape index (κ2) is 6.60. The van der Waals surface area contributed by atoms with E-state index in [2.05, 4.69) is 6.58 Å². The Morgan fingerprint density at radius 1 is 1.18 bits per heavy atom. The van der Waals surface area contributed by atoms with Gasteiger partial charge in [-0.15, -0.1) is 0 Å². The molecule has 0 saturated heterocycles. The van der Waals surface area contributed by atoms with Crippen LogP contribution in [-0.4, -0.2) is 13.2 Å². The third-order valence-electron chi connectivity index (χ3n) is 1.89. The zero-order valence-corrected chi connectivity index (χ0v) is 11.0. The molecule has 0 aliphatic carbocycles. The molecule has 0 heterocycles. The standard InChI is InChI=1S/C12H17O4P/c1-4-14-17(13,15-5-2)16-11(3)12-9-7-6-8-10-12/h6-10H,3-5H2,1-2H3. The zero-order valence-electron chi connectivity index (χ0n) is 10.1. The first-order valence-electron chi connectivity index (χ1n) is 5.44. The maximum absolute atomic E-state index is 12.1. The van der Waals surface area contributed by atoms with Gasteiger partial charge in [0.05, 0.1) is 13.2 Å². The van der Waals surface area contributed by atoms with Crippen molar-refractivity contribution >= 4 is 13.6 Å². The smallest absolute Gasteiger partial charge is 0.404 e. The molecule has 94 valence electrons. The number of phosphoric acid groups is 1. The third-order valence-corrected chi connectivity index (χ3v) is 3.49. The van der Waals surface area contributed by atoms with Gasteiger partial charge < -0.3 is 4.52 Å². The topological polar surface area (TPSA) is 44.8 Å². The van der Waals surface area contributed by atoms with Gasteiger partial charge in [0, 0.05) is 5.56 Å². The molecule has 0 unspecified atom stereocenters. The first kappa shape index (κ1) is 14.0. The van der Waals surface area contributed by atoms with Crippen LogP contribution in [0.1, 0.15) is 19.4 Å². The summed E-state index contributed by atoms with van der Waals surface area (Å²) in [6.07, 6.45) is 0. The Hall–Kier alpha value is -1.09. The number of rotatable bonds is 7. The van der Waals surface area contributed by atoms with Crippen molar-refractivity contribution in [2.24, 2.45) is 0 Å². The summed E-state index contributed by atoms with van der Waals surface area (Å²) in [6.45, 7) is 7.66. The quantitative estimate of drug-likeness (QED) is 0.549. The van der Waals surface area contributed by atoms with Gasteiger partial charge in [0.15, 0.2) is 0 Å². The average molecular weight is 256 g/mol. The van der Waals surface area contributed by atoms with Crippen molar-refractivity contribution in [2.75, 3.05) is 13.2 Å². The molecule has 4 nitrogen and oxygen atoms in total. The zero-order chi connectivity index (χ0) is 12.7. The number of hydrogen-bond donors (Lipinski definition) is 0. The SMILES string of the molecule is C=C(OP(=O)(OCC)OCC)c1ccccc1. The van der Waals surface area contributed by atoms with E-state index >= 15 is 0 Å². The van der Waals surface area contributed by atoms with Gasteiger partial charge >= 0.3 is 7.82 Å². The molecule has 0 N–H and O–H groups in total. The lowest BCUT2D eigenvalue weighted by Crippen LogP contribution is -1.99. The van der Waals surface area contributed by atoms with Gasteiger partial charge in [0.2, 0.25) is 0 Å². The Balaban J connectivity index is 2.74. The van der Waals surface area contributed by atoms with E-state index in [0.29, 0.717) is 0 Å². The Morgan fingerprint density at radius 2 is 1.71 bits per heavy atom. The molecule has 0 amide bonds. The molecule has 0 aliphatic rings. The van der Waals surface area contributed by atoms with Gasteiger partial charge in [-0.05, 0) is 13.8 Å². The van der Waals surface area contributed by atoms with Crippen LogP contribution in [-0.2, 0) is 18.1 Å². The highest BCUT2D eigenvalue weighted by Gasteiger charge is 2.27.